The van der Waals surface area contributed by atoms with Crippen molar-refractivity contribution in [2.75, 3.05) is 20.6 Å². The van der Waals surface area contributed by atoms with Crippen molar-refractivity contribution in [1.82, 2.24) is 15.3 Å². The Kier molecular flexibility index (Phi) is 8.00. The van der Waals surface area contributed by atoms with E-state index in [2.05, 4.69) is 68.6 Å². The van der Waals surface area contributed by atoms with Crippen LogP contribution in [0.25, 0.3) is 0 Å². The van der Waals surface area contributed by atoms with Gasteiger partial charge in [0.25, 0.3) is 0 Å². The maximum absolute atomic E-state index is 11.1. The lowest BCUT2D eigenvalue weighted by Crippen LogP contribution is -2.46. The van der Waals surface area contributed by atoms with Crippen LogP contribution >= 0.6 is 63.7 Å². The Morgan fingerprint density at radius 3 is 2.40 bits per heavy atom. The van der Waals surface area contributed by atoms with Gasteiger partial charge in [-0.25, -0.2) is 10.5 Å². The largest absolute Gasteiger partial charge is 0.349 e. The van der Waals surface area contributed by atoms with Gasteiger partial charge < -0.3 is 9.80 Å². The number of halogens is 4. The fourth-order valence-corrected chi connectivity index (χ4v) is 5.59. The quantitative estimate of drug-likeness (QED) is 0.272. The van der Waals surface area contributed by atoms with Crippen LogP contribution in [0.15, 0.2) is 22.9 Å². The van der Waals surface area contributed by atoms with Gasteiger partial charge in [0.15, 0.2) is 5.96 Å². The van der Waals surface area contributed by atoms with Crippen LogP contribution in [0.5, 0.6) is 0 Å². The summed E-state index contributed by atoms with van der Waals surface area (Å²) in [6.07, 6.45) is 2.94. The predicted molar refractivity (Wildman–Crippen MR) is 114 cm³/mol. The second-order valence-electron chi connectivity index (χ2n) is 6.08. The zero-order valence-corrected chi connectivity index (χ0v) is 20.2. The highest BCUT2D eigenvalue weighted by Crippen LogP contribution is 2.47. The number of guanidine groups is 1. The summed E-state index contributed by atoms with van der Waals surface area (Å²) in [4.78, 5) is 20.3. The zero-order valence-electron chi connectivity index (χ0n) is 13.9. The van der Waals surface area contributed by atoms with Crippen LogP contribution in [0.2, 0.25) is 0 Å². The van der Waals surface area contributed by atoms with E-state index in [1.165, 1.54) is 0 Å². The molecule has 1 heterocycles. The summed E-state index contributed by atoms with van der Waals surface area (Å²) in [6.45, 7) is 0.839. The van der Waals surface area contributed by atoms with Gasteiger partial charge >= 0.3 is 0 Å². The first-order valence-corrected chi connectivity index (χ1v) is 11.0. The Morgan fingerprint density at radius 2 is 1.80 bits per heavy atom. The van der Waals surface area contributed by atoms with Crippen molar-refractivity contribution in [2.24, 2.45) is 4.99 Å². The third-order valence-corrected chi connectivity index (χ3v) is 9.08. The van der Waals surface area contributed by atoms with Crippen LogP contribution in [-0.2, 0) is 4.79 Å². The van der Waals surface area contributed by atoms with Crippen LogP contribution < -0.4 is 5.48 Å². The molecule has 0 aromatic rings. The number of amides is 1. The summed E-state index contributed by atoms with van der Waals surface area (Å²) >= 11 is 14.6. The molecule has 140 valence electrons. The van der Waals surface area contributed by atoms with E-state index in [-0.39, 0.29) is 18.0 Å². The molecule has 2 rings (SSSR count). The van der Waals surface area contributed by atoms with E-state index in [0.717, 1.165) is 49.7 Å². The molecular weight excluding hydrogens is 588 g/mol. The lowest BCUT2D eigenvalue weighted by Gasteiger charge is -2.34. The minimum atomic E-state index is -0.336. The van der Waals surface area contributed by atoms with E-state index in [0.29, 0.717) is 6.42 Å². The number of carbonyl (C=O) groups is 1. The van der Waals surface area contributed by atoms with Gasteiger partial charge in [0.1, 0.15) is 6.04 Å². The van der Waals surface area contributed by atoms with Crippen molar-refractivity contribution in [3.63, 3.8) is 0 Å². The molecule has 0 bridgehead atoms. The molecule has 0 saturated carbocycles. The molecule has 1 aliphatic heterocycles. The molecule has 0 saturated heterocycles. The normalized spacial score (nSPS) is 23.0. The van der Waals surface area contributed by atoms with Gasteiger partial charge in [0.05, 0.1) is 6.04 Å². The second-order valence-corrected chi connectivity index (χ2v) is 9.37. The summed E-state index contributed by atoms with van der Waals surface area (Å²) < 4.78 is 4.04. The van der Waals surface area contributed by atoms with Gasteiger partial charge in [-0.15, -0.1) is 0 Å². The molecule has 2 aliphatic rings. The number of hydrogen-bond donors (Lipinski definition) is 2. The SMILES string of the molecule is CN(C)C1=NC2C(Br)=C(Br)C(Br)=C(Br)C2N1CCCCCC(=O)NO. The smallest absolute Gasteiger partial charge is 0.243 e. The van der Waals surface area contributed by atoms with Crippen molar-refractivity contribution in [2.45, 2.75) is 37.8 Å². The first kappa shape index (κ1) is 21.4. The molecule has 2 unspecified atom stereocenters. The number of nitrogens with zero attached hydrogens (tertiary/aromatic N) is 3. The van der Waals surface area contributed by atoms with Crippen molar-refractivity contribution in [1.29, 1.82) is 0 Å². The number of hydrogen-bond acceptors (Lipinski definition) is 5. The monoisotopic (exact) mass is 604 g/mol. The minimum absolute atomic E-state index is 0.00242. The summed E-state index contributed by atoms with van der Waals surface area (Å²) in [5.74, 6) is 0.608. The third-order valence-electron chi connectivity index (χ3n) is 4.11. The zero-order chi connectivity index (χ0) is 18.7. The number of fused-ring (bicyclic) bond motifs is 1. The number of aliphatic imine (C=N–C) groups is 1. The molecule has 0 aromatic carbocycles. The third kappa shape index (κ3) is 4.69. The highest BCUT2D eigenvalue weighted by Gasteiger charge is 2.44. The fourth-order valence-electron chi connectivity index (χ4n) is 2.92. The molecule has 0 fully saturated rings. The van der Waals surface area contributed by atoms with Crippen molar-refractivity contribution >= 4 is 75.6 Å². The van der Waals surface area contributed by atoms with E-state index >= 15 is 0 Å². The topological polar surface area (TPSA) is 68.2 Å². The van der Waals surface area contributed by atoms with Crippen LogP contribution in [0.1, 0.15) is 25.7 Å². The molecule has 10 heteroatoms. The maximum atomic E-state index is 11.1. The maximum Gasteiger partial charge on any atom is 0.243 e. The van der Waals surface area contributed by atoms with Gasteiger partial charge in [0, 0.05) is 45.0 Å². The Hall–Kier alpha value is 0.1000. The Labute approximate surface area is 181 Å². The highest BCUT2D eigenvalue weighted by molar-refractivity contribution is 9.17. The van der Waals surface area contributed by atoms with Gasteiger partial charge in [-0.1, -0.05) is 38.3 Å². The van der Waals surface area contributed by atoms with Crippen LogP contribution in [0, 0.1) is 0 Å². The van der Waals surface area contributed by atoms with E-state index in [9.17, 15) is 4.79 Å². The molecule has 0 spiro atoms. The number of unbranched alkanes of at least 4 members (excludes halogenated alkanes) is 2. The number of allylic oxidation sites excluding steroid dienone is 2. The molecule has 25 heavy (non-hydrogen) atoms. The molecule has 6 nitrogen and oxygen atoms in total. The summed E-state index contributed by atoms with van der Waals surface area (Å²) in [5, 5.41) is 8.53. The number of rotatable bonds is 6. The first-order chi connectivity index (χ1) is 11.8. The Bertz CT molecular complexity index is 633. The molecule has 0 aromatic heterocycles. The van der Waals surface area contributed by atoms with Crippen molar-refractivity contribution in [3.8, 4) is 0 Å². The van der Waals surface area contributed by atoms with E-state index in [1.54, 1.807) is 5.48 Å². The van der Waals surface area contributed by atoms with Gasteiger partial charge in [0.2, 0.25) is 5.91 Å². The number of hydroxylamine groups is 1. The van der Waals surface area contributed by atoms with Crippen molar-refractivity contribution in [3.05, 3.63) is 17.9 Å². The average molecular weight is 608 g/mol. The number of nitrogens with one attached hydrogen (secondary N) is 1. The molecule has 1 amide bonds. The van der Waals surface area contributed by atoms with E-state index in [4.69, 9.17) is 10.2 Å². The average Bonchev–Trinajstić information content (AvgIpc) is 2.97. The highest BCUT2D eigenvalue weighted by atomic mass is 79.9. The van der Waals surface area contributed by atoms with Crippen LogP contribution in [-0.4, -0.2) is 59.6 Å². The standard InChI is InChI=1S/C15H20Br4N4O2/c1-22(2)15-20-13-11(18)9(16)10(17)12(19)14(13)23(15)7-5-3-4-6-8(24)21-25/h13-14,25H,3-7H2,1-2H3,(H,21,24). The van der Waals surface area contributed by atoms with E-state index in [1.807, 2.05) is 19.0 Å². The van der Waals surface area contributed by atoms with E-state index < -0.39 is 0 Å². The fraction of sp³-hybridized carbons (Fsp3) is 0.600. The van der Waals surface area contributed by atoms with Crippen LogP contribution in [0.4, 0.5) is 0 Å². The number of carbonyl (C=O) groups excluding carboxylic acids is 1. The summed E-state index contributed by atoms with van der Waals surface area (Å²) in [7, 11) is 3.99. The molecule has 0 radical (unpaired) electrons. The lowest BCUT2D eigenvalue weighted by molar-refractivity contribution is -0.129. The first-order valence-electron chi connectivity index (χ1n) is 7.85. The summed E-state index contributed by atoms with van der Waals surface area (Å²) in [5.41, 5.74) is 1.67. The second kappa shape index (κ2) is 9.34. The lowest BCUT2D eigenvalue weighted by atomic mass is 10.0. The molecule has 1 aliphatic carbocycles. The van der Waals surface area contributed by atoms with Crippen LogP contribution in [0.3, 0.4) is 0 Å². The predicted octanol–water partition coefficient (Wildman–Crippen LogP) is 4.04. The van der Waals surface area contributed by atoms with Gasteiger partial charge in [-0.2, -0.15) is 0 Å². The molecule has 2 N–H and O–H groups in total. The summed E-state index contributed by atoms with van der Waals surface area (Å²) in [6, 6.07) is 0.103. The minimum Gasteiger partial charge on any atom is -0.349 e. The molecule has 2 atom stereocenters. The van der Waals surface area contributed by atoms with Gasteiger partial charge in [-0.3, -0.25) is 10.0 Å². The Morgan fingerprint density at radius 1 is 1.16 bits per heavy atom. The van der Waals surface area contributed by atoms with Gasteiger partial charge in [-0.05, 0) is 44.7 Å². The Balaban J connectivity index is 2.09. The van der Waals surface area contributed by atoms with Crippen molar-refractivity contribution < 1.29 is 10.0 Å². The molecular formula is C15H20Br4N4O2.